The third kappa shape index (κ3) is 8.82. The molecule has 0 saturated carbocycles. The molecular weight excluding hydrogens is 89.8 g/mol. The van der Waals surface area contributed by atoms with E-state index in [2.05, 4.69) is 0 Å². The zero-order valence-electron chi connectivity index (χ0n) is 3.06. The molecule has 0 aromatic heterocycles. The fraction of sp³-hybridized carbons (Fsp3) is 0.500. The second kappa shape index (κ2) is 5.53. The van der Waals surface area contributed by atoms with Gasteiger partial charge in [0.15, 0.2) is 0 Å². The summed E-state index contributed by atoms with van der Waals surface area (Å²) >= 11 is 0. The fourth-order valence-electron chi connectivity index (χ4n) is 0. The van der Waals surface area contributed by atoms with Crippen LogP contribution in [0.2, 0.25) is 6.32 Å². The molecule has 0 aliphatic carbocycles. The summed E-state index contributed by atoms with van der Waals surface area (Å²) in [5, 5.41) is 7.72. The number of carboxylic acids is 1. The van der Waals surface area contributed by atoms with Crippen LogP contribution >= 0.6 is 0 Å². The fourth-order valence-corrected chi connectivity index (χ4v) is 0. The number of rotatable bonds is 1. The van der Waals surface area contributed by atoms with Gasteiger partial charge in [-0.25, -0.2) is 0 Å². The zero-order chi connectivity index (χ0) is 4.28. The van der Waals surface area contributed by atoms with Gasteiger partial charge in [0.05, 0.1) is 0 Å². The molecule has 1 N–H and O–H groups in total. The van der Waals surface area contributed by atoms with Gasteiger partial charge in [0.2, 0.25) is 0 Å². The molecule has 0 heterocycles. The van der Waals surface area contributed by atoms with Crippen LogP contribution in [0.1, 0.15) is 0 Å². The molecule has 0 bridgehead atoms. The zero-order valence-corrected chi connectivity index (χ0v) is 3.06. The van der Waals surface area contributed by atoms with Crippen molar-refractivity contribution in [3.05, 3.63) is 0 Å². The van der Waals surface area contributed by atoms with Crippen LogP contribution in [0, 0.1) is 0 Å². The molecule has 2 nitrogen and oxygen atoms in total. The van der Waals surface area contributed by atoms with Crippen molar-refractivity contribution in [2.45, 2.75) is 6.32 Å². The van der Waals surface area contributed by atoms with E-state index >= 15 is 0 Å². The molecule has 0 fully saturated rings. The van der Waals surface area contributed by atoms with E-state index < -0.39 is 5.97 Å². The summed E-state index contributed by atoms with van der Waals surface area (Å²) < 4.78 is 0. The van der Waals surface area contributed by atoms with E-state index in [0.717, 1.165) is 0 Å². The first-order valence-corrected chi connectivity index (χ1v) is 1.49. The molecule has 0 amide bonds. The average molecular weight is 95.9 g/mol. The monoisotopic (exact) mass is 96.0 g/mol. The summed E-state index contributed by atoms with van der Waals surface area (Å²) in [5.74, 6) is -0.745. The maximum absolute atomic E-state index is 9.37. The van der Waals surface area contributed by atoms with Gasteiger partial charge < -0.3 is 5.11 Å². The van der Waals surface area contributed by atoms with Crippen LogP contribution in [-0.2, 0) is 4.79 Å². The molecule has 0 rings (SSSR count). The Bertz CT molecular complexity index is 46.8. The normalized spacial score (nSPS) is 6.00. The van der Waals surface area contributed by atoms with Crippen molar-refractivity contribution < 1.29 is 9.90 Å². The van der Waals surface area contributed by atoms with Gasteiger partial charge in [0.1, 0.15) is 7.85 Å². The van der Waals surface area contributed by atoms with Gasteiger partial charge >= 0.3 is 29.6 Å². The number of hydrogen-bond acceptors (Lipinski definition) is 1. The summed E-state index contributed by atoms with van der Waals surface area (Å²) in [4.78, 5) is 9.37. The Morgan fingerprint density at radius 3 is 2.00 bits per heavy atom. The Morgan fingerprint density at radius 1 is 1.83 bits per heavy atom. The van der Waals surface area contributed by atoms with Crippen molar-refractivity contribution in [3.8, 4) is 0 Å². The Kier molecular flexibility index (Phi) is 8.98. The second-order valence-electron chi connectivity index (χ2n) is 0.747. The van der Waals surface area contributed by atoms with Gasteiger partial charge in [-0.15, -0.1) is 0 Å². The van der Waals surface area contributed by atoms with Gasteiger partial charge in [0, 0.05) is 6.32 Å². The van der Waals surface area contributed by atoms with Crippen LogP contribution in [0.15, 0.2) is 0 Å². The van der Waals surface area contributed by atoms with Crippen LogP contribution in [0.3, 0.4) is 0 Å². The first-order valence-electron chi connectivity index (χ1n) is 1.49. The van der Waals surface area contributed by atoms with E-state index in [-0.39, 0.29) is 35.9 Å². The molecule has 30 valence electrons. The minimum atomic E-state index is -0.745. The predicted octanol–water partition coefficient (Wildman–Crippen LogP) is -1.53. The number of hydrogen-bond donors (Lipinski definition) is 1. The third-order valence-corrected chi connectivity index (χ3v) is 0.302. The van der Waals surface area contributed by atoms with Gasteiger partial charge in [-0.2, -0.15) is 0 Å². The molecule has 6 heavy (non-hydrogen) atoms. The Morgan fingerprint density at radius 2 is 2.00 bits per heavy atom. The van der Waals surface area contributed by atoms with Gasteiger partial charge in [-0.3, -0.25) is 4.79 Å². The van der Waals surface area contributed by atoms with Crippen LogP contribution in [0.25, 0.3) is 0 Å². The summed E-state index contributed by atoms with van der Waals surface area (Å²) in [6, 6.07) is 0. The van der Waals surface area contributed by atoms with E-state index in [1.165, 1.54) is 0 Å². The van der Waals surface area contributed by atoms with E-state index in [0.29, 0.717) is 0 Å². The SMILES string of the molecule is BCC(=O)O.[NaH]. The molecule has 0 aromatic rings. The molecule has 0 saturated heterocycles. The van der Waals surface area contributed by atoms with E-state index in [9.17, 15) is 4.79 Å². The molecule has 0 unspecified atom stereocenters. The van der Waals surface area contributed by atoms with Gasteiger partial charge in [0.25, 0.3) is 5.97 Å². The van der Waals surface area contributed by atoms with E-state index in [4.69, 9.17) is 5.11 Å². The Labute approximate surface area is 59.6 Å². The van der Waals surface area contributed by atoms with E-state index in [1.54, 1.807) is 7.85 Å². The summed E-state index contributed by atoms with van der Waals surface area (Å²) in [7, 11) is 1.60. The van der Waals surface area contributed by atoms with Crippen molar-refractivity contribution in [2.24, 2.45) is 0 Å². The number of carbonyl (C=O) groups is 1. The topological polar surface area (TPSA) is 37.3 Å². The summed E-state index contributed by atoms with van der Waals surface area (Å²) in [5.41, 5.74) is 0. The quantitative estimate of drug-likeness (QED) is 0.402. The Hall–Kier alpha value is 0.535. The van der Waals surface area contributed by atoms with Gasteiger partial charge in [-0.1, -0.05) is 0 Å². The van der Waals surface area contributed by atoms with Crippen molar-refractivity contribution in [3.63, 3.8) is 0 Å². The molecule has 0 aliphatic rings. The molecule has 0 spiro atoms. The minimum absolute atomic E-state index is 0. The van der Waals surface area contributed by atoms with Crippen LogP contribution in [0.5, 0.6) is 0 Å². The molecule has 0 radical (unpaired) electrons. The predicted molar refractivity (Wildman–Crippen MR) is 28.1 cm³/mol. The van der Waals surface area contributed by atoms with Crippen molar-refractivity contribution >= 4 is 43.4 Å². The first-order chi connectivity index (χ1) is 2.27. The van der Waals surface area contributed by atoms with Crippen molar-refractivity contribution in [1.29, 1.82) is 0 Å². The Balaban J connectivity index is 0. The first kappa shape index (κ1) is 9.73. The summed E-state index contributed by atoms with van der Waals surface area (Å²) in [6.07, 6.45) is 0.222. The van der Waals surface area contributed by atoms with Crippen LogP contribution in [-0.4, -0.2) is 48.5 Å². The molecular formula is C2H6BNaO2. The van der Waals surface area contributed by atoms with Crippen molar-refractivity contribution in [2.75, 3.05) is 0 Å². The molecule has 0 atom stereocenters. The van der Waals surface area contributed by atoms with E-state index in [1.807, 2.05) is 0 Å². The maximum atomic E-state index is 9.37. The van der Waals surface area contributed by atoms with Crippen LogP contribution < -0.4 is 0 Å². The second-order valence-corrected chi connectivity index (χ2v) is 0.747. The standard InChI is InChI=1S/C2H5BO2.Na.H/c3-1-2(4)5;;/h1,3H2,(H,4,5);;. The molecule has 0 aromatic carbocycles. The van der Waals surface area contributed by atoms with Crippen LogP contribution in [0.4, 0.5) is 0 Å². The van der Waals surface area contributed by atoms with Gasteiger partial charge in [-0.05, 0) is 0 Å². The number of carboxylic acid groups (broad SMARTS) is 1. The summed E-state index contributed by atoms with van der Waals surface area (Å²) in [6.45, 7) is 0. The third-order valence-electron chi connectivity index (χ3n) is 0.302. The van der Waals surface area contributed by atoms with Crippen molar-refractivity contribution in [1.82, 2.24) is 0 Å². The molecule has 4 heteroatoms. The molecule has 0 aliphatic heterocycles. The number of aliphatic carboxylic acids is 1. The average Bonchev–Trinajstić information content (AvgIpc) is 1.38.